The molecule has 0 saturated carbocycles. The Morgan fingerprint density at radius 2 is 1.84 bits per heavy atom. The van der Waals surface area contributed by atoms with Crippen molar-refractivity contribution in [2.45, 2.75) is 25.7 Å². The molecule has 0 saturated heterocycles. The Balaban J connectivity index is 1.99. The molecule has 6 heteroatoms. The van der Waals surface area contributed by atoms with Crippen molar-refractivity contribution >= 4 is 11.9 Å². The van der Waals surface area contributed by atoms with Crippen LogP contribution in [0.25, 0.3) is 0 Å². The predicted molar refractivity (Wildman–Crippen MR) is 67.0 cm³/mol. The number of carbonyl (C=O) groups is 2. The highest BCUT2D eigenvalue weighted by molar-refractivity contribution is 5.93. The van der Waals surface area contributed by atoms with Crippen molar-refractivity contribution in [2.24, 2.45) is 0 Å². The number of nitrogens with one attached hydrogen (secondary N) is 1. The van der Waals surface area contributed by atoms with Crippen molar-refractivity contribution in [1.82, 2.24) is 5.48 Å². The lowest BCUT2D eigenvalue weighted by molar-refractivity contribution is -0.324. The zero-order valence-corrected chi connectivity index (χ0v) is 10.5. The number of rotatable bonds is 9. The van der Waals surface area contributed by atoms with Gasteiger partial charge in [0.15, 0.2) is 0 Å². The van der Waals surface area contributed by atoms with Crippen LogP contribution in [0.1, 0.15) is 36.0 Å². The lowest BCUT2D eigenvalue weighted by Crippen LogP contribution is -2.24. The second-order valence-corrected chi connectivity index (χ2v) is 3.91. The smallest absolute Gasteiger partial charge is 0.303 e. The minimum atomic E-state index is -0.799. The third kappa shape index (κ3) is 7.17. The van der Waals surface area contributed by atoms with E-state index >= 15 is 0 Å². The van der Waals surface area contributed by atoms with Gasteiger partial charge in [-0.15, -0.1) is 4.99 Å². The molecule has 0 spiro atoms. The molecule has 0 bridgehead atoms. The van der Waals surface area contributed by atoms with E-state index in [9.17, 15) is 9.59 Å². The summed E-state index contributed by atoms with van der Waals surface area (Å²) in [6.07, 6.45) is 2.18. The highest BCUT2D eigenvalue weighted by atomic mass is 17.3. The van der Waals surface area contributed by atoms with E-state index in [2.05, 4.69) is 10.5 Å². The van der Waals surface area contributed by atoms with Crippen molar-refractivity contribution in [3.63, 3.8) is 0 Å². The lowest BCUT2D eigenvalue weighted by atomic mass is 10.2. The Hall–Kier alpha value is -1.92. The van der Waals surface area contributed by atoms with Crippen LogP contribution in [-0.2, 0) is 14.7 Å². The number of hydroxylamine groups is 1. The van der Waals surface area contributed by atoms with Crippen molar-refractivity contribution in [2.75, 3.05) is 6.61 Å². The Morgan fingerprint density at radius 1 is 1.11 bits per heavy atom. The molecule has 1 amide bonds. The van der Waals surface area contributed by atoms with Crippen LogP contribution in [0.5, 0.6) is 0 Å². The van der Waals surface area contributed by atoms with Gasteiger partial charge in [0.05, 0.1) is 6.61 Å². The van der Waals surface area contributed by atoms with Gasteiger partial charge in [-0.2, -0.15) is 5.48 Å². The first kappa shape index (κ1) is 15.1. The summed E-state index contributed by atoms with van der Waals surface area (Å²) in [5.41, 5.74) is 2.63. The standard InChI is InChI=1S/C13H17NO5/c15-12(16)9-5-2-6-10-18-19-14-13(17)11-7-3-1-4-8-11/h1,3-4,7-8H,2,5-6,9-10H2,(H,14,17)(H,15,16). The number of amides is 1. The van der Waals surface area contributed by atoms with Crippen molar-refractivity contribution in [3.8, 4) is 0 Å². The number of carboxylic acid groups (broad SMARTS) is 1. The molecule has 0 heterocycles. The summed E-state index contributed by atoms with van der Waals surface area (Å²) in [6, 6.07) is 8.62. The molecule has 0 aliphatic heterocycles. The molecule has 2 N–H and O–H groups in total. The molecule has 1 rings (SSSR count). The van der Waals surface area contributed by atoms with Gasteiger partial charge >= 0.3 is 5.97 Å². The monoisotopic (exact) mass is 267 g/mol. The van der Waals surface area contributed by atoms with Gasteiger partial charge in [-0.3, -0.25) is 9.59 Å². The van der Waals surface area contributed by atoms with Gasteiger partial charge in [-0.1, -0.05) is 24.6 Å². The van der Waals surface area contributed by atoms with E-state index in [4.69, 9.17) is 9.99 Å². The predicted octanol–water partition coefficient (Wildman–Crippen LogP) is 1.92. The molecule has 0 aromatic heterocycles. The summed E-state index contributed by atoms with van der Waals surface area (Å²) in [6.45, 7) is 0.300. The van der Waals surface area contributed by atoms with Gasteiger partial charge in [0.25, 0.3) is 5.91 Å². The van der Waals surface area contributed by atoms with Crippen LogP contribution in [0.4, 0.5) is 0 Å². The van der Waals surface area contributed by atoms with Crippen LogP contribution in [0.15, 0.2) is 30.3 Å². The van der Waals surface area contributed by atoms with Crippen LogP contribution < -0.4 is 5.48 Å². The van der Waals surface area contributed by atoms with Gasteiger partial charge in [-0.05, 0) is 25.0 Å². The van der Waals surface area contributed by atoms with Crippen molar-refractivity contribution in [1.29, 1.82) is 0 Å². The average Bonchev–Trinajstić information content (AvgIpc) is 2.42. The van der Waals surface area contributed by atoms with Gasteiger partial charge in [0.1, 0.15) is 0 Å². The highest BCUT2D eigenvalue weighted by Crippen LogP contribution is 2.00. The second-order valence-electron chi connectivity index (χ2n) is 3.91. The SMILES string of the molecule is O=C(O)CCCCCOONC(=O)c1ccccc1. The third-order valence-electron chi connectivity index (χ3n) is 2.35. The van der Waals surface area contributed by atoms with Gasteiger partial charge in [-0.25, -0.2) is 4.89 Å². The Bertz CT molecular complexity index is 393. The van der Waals surface area contributed by atoms with Crippen LogP contribution in [-0.4, -0.2) is 23.6 Å². The van der Waals surface area contributed by atoms with E-state index < -0.39 is 5.97 Å². The fourth-order valence-corrected chi connectivity index (χ4v) is 1.37. The Labute approximate surface area is 111 Å². The number of carbonyl (C=O) groups excluding carboxylic acids is 1. The fraction of sp³-hybridized carbons (Fsp3) is 0.385. The van der Waals surface area contributed by atoms with E-state index in [1.54, 1.807) is 24.3 Å². The van der Waals surface area contributed by atoms with Crippen LogP contribution in [0, 0.1) is 0 Å². The Morgan fingerprint density at radius 3 is 2.53 bits per heavy atom. The molecule has 0 fully saturated rings. The number of hydrogen-bond acceptors (Lipinski definition) is 4. The molecule has 6 nitrogen and oxygen atoms in total. The molecule has 0 aliphatic carbocycles. The zero-order chi connectivity index (χ0) is 13.9. The number of hydrogen-bond donors (Lipinski definition) is 2. The normalized spacial score (nSPS) is 10.1. The second kappa shape index (κ2) is 9.07. The fourth-order valence-electron chi connectivity index (χ4n) is 1.37. The molecule has 104 valence electrons. The van der Waals surface area contributed by atoms with E-state index in [0.29, 0.717) is 25.0 Å². The first-order valence-electron chi connectivity index (χ1n) is 6.06. The zero-order valence-electron chi connectivity index (χ0n) is 10.5. The molecule has 19 heavy (non-hydrogen) atoms. The molecular formula is C13H17NO5. The topological polar surface area (TPSA) is 84.9 Å². The summed E-state index contributed by atoms with van der Waals surface area (Å²) in [7, 11) is 0. The average molecular weight is 267 g/mol. The highest BCUT2D eigenvalue weighted by Gasteiger charge is 2.03. The number of aliphatic carboxylic acids is 1. The first-order chi connectivity index (χ1) is 9.20. The maximum atomic E-state index is 11.5. The summed E-state index contributed by atoms with van der Waals surface area (Å²) >= 11 is 0. The molecule has 0 radical (unpaired) electrons. The molecule has 0 unspecified atom stereocenters. The minimum absolute atomic E-state index is 0.158. The number of carboxylic acids is 1. The van der Waals surface area contributed by atoms with E-state index in [1.165, 1.54) is 0 Å². The van der Waals surface area contributed by atoms with Gasteiger partial charge < -0.3 is 5.11 Å². The number of unbranched alkanes of at least 4 members (excludes halogenated alkanes) is 2. The Kier molecular flexibility index (Phi) is 7.23. The van der Waals surface area contributed by atoms with Crippen molar-refractivity contribution < 1.29 is 24.6 Å². The quantitative estimate of drug-likeness (QED) is 0.405. The molecule has 0 atom stereocenters. The van der Waals surface area contributed by atoms with E-state index in [-0.39, 0.29) is 12.3 Å². The number of benzene rings is 1. The summed E-state index contributed by atoms with van der Waals surface area (Å²) < 4.78 is 0. The minimum Gasteiger partial charge on any atom is -0.481 e. The maximum absolute atomic E-state index is 11.5. The lowest BCUT2D eigenvalue weighted by Gasteiger charge is -2.04. The summed E-state index contributed by atoms with van der Waals surface area (Å²) in [4.78, 5) is 31.0. The maximum Gasteiger partial charge on any atom is 0.303 e. The van der Waals surface area contributed by atoms with Gasteiger partial charge in [0, 0.05) is 12.0 Å². The van der Waals surface area contributed by atoms with Crippen LogP contribution >= 0.6 is 0 Å². The third-order valence-corrected chi connectivity index (χ3v) is 2.35. The molecule has 0 aliphatic rings. The molecular weight excluding hydrogens is 250 g/mol. The summed E-state index contributed by atoms with van der Waals surface area (Å²) in [5, 5.41) is 8.42. The molecule has 1 aromatic rings. The van der Waals surface area contributed by atoms with E-state index in [0.717, 1.165) is 6.42 Å². The van der Waals surface area contributed by atoms with Crippen molar-refractivity contribution in [3.05, 3.63) is 35.9 Å². The summed E-state index contributed by atoms with van der Waals surface area (Å²) in [5.74, 6) is -1.18. The largest absolute Gasteiger partial charge is 0.481 e. The van der Waals surface area contributed by atoms with Crippen LogP contribution in [0.2, 0.25) is 0 Å². The van der Waals surface area contributed by atoms with Gasteiger partial charge in [0.2, 0.25) is 0 Å². The molecule has 1 aromatic carbocycles. The van der Waals surface area contributed by atoms with E-state index in [1.807, 2.05) is 6.07 Å². The van der Waals surface area contributed by atoms with Crippen LogP contribution in [0.3, 0.4) is 0 Å². The first-order valence-corrected chi connectivity index (χ1v) is 6.06.